The van der Waals surface area contributed by atoms with Gasteiger partial charge in [0.15, 0.2) is 6.61 Å². The molecule has 6 nitrogen and oxygen atoms in total. The molecule has 0 aliphatic heterocycles. The van der Waals surface area contributed by atoms with Gasteiger partial charge in [-0.05, 0) is 61.0 Å². The Hall–Kier alpha value is -2.97. The third kappa shape index (κ3) is 6.77. The van der Waals surface area contributed by atoms with Crippen molar-refractivity contribution >= 4 is 55.6 Å². The van der Waals surface area contributed by atoms with Gasteiger partial charge in [-0.3, -0.25) is 9.59 Å². The molecule has 0 spiro atoms. The molecule has 2 N–H and O–H groups in total. The molecule has 0 aliphatic rings. The van der Waals surface area contributed by atoms with Gasteiger partial charge in [0.2, 0.25) is 0 Å². The molecule has 0 radical (unpaired) electrons. The van der Waals surface area contributed by atoms with Gasteiger partial charge >= 0.3 is 0 Å². The van der Waals surface area contributed by atoms with E-state index in [-0.39, 0.29) is 18.4 Å². The fourth-order valence-corrected chi connectivity index (χ4v) is 3.26. The highest BCUT2D eigenvalue weighted by Crippen LogP contribution is 2.22. The van der Waals surface area contributed by atoms with Gasteiger partial charge in [0.05, 0.1) is 6.21 Å². The zero-order valence-electron chi connectivity index (χ0n) is 16.6. The Kier molecular flexibility index (Phi) is 7.97. The van der Waals surface area contributed by atoms with E-state index >= 15 is 0 Å². The summed E-state index contributed by atoms with van der Waals surface area (Å²) < 4.78 is 7.37. The molecule has 3 aromatic rings. The Morgan fingerprint density at radius 1 is 1.00 bits per heavy atom. The monoisotopic (exact) mass is 543 g/mol. The first-order valence-electron chi connectivity index (χ1n) is 9.29. The molecule has 0 heterocycles. The van der Waals surface area contributed by atoms with Crippen molar-refractivity contribution in [2.45, 2.75) is 6.92 Å². The van der Waals surface area contributed by atoms with E-state index < -0.39 is 0 Å². The average Bonchev–Trinajstić information content (AvgIpc) is 2.75. The summed E-state index contributed by atoms with van der Waals surface area (Å²) in [6.07, 6.45) is 1.47. The molecule has 0 bridgehead atoms. The van der Waals surface area contributed by atoms with Crippen LogP contribution in [0.5, 0.6) is 5.75 Å². The van der Waals surface area contributed by atoms with Gasteiger partial charge in [-0.2, -0.15) is 5.10 Å². The Labute approximate surface area is 197 Å². The van der Waals surface area contributed by atoms with Crippen LogP contribution in [0.3, 0.4) is 0 Å². The van der Waals surface area contributed by atoms with Crippen molar-refractivity contribution in [3.8, 4) is 5.75 Å². The lowest BCUT2D eigenvalue weighted by atomic mass is 10.2. The average molecular weight is 545 g/mol. The third-order valence-electron chi connectivity index (χ3n) is 4.23. The number of carbonyl (C=O) groups is 2. The van der Waals surface area contributed by atoms with Gasteiger partial charge in [-0.1, -0.05) is 50.1 Å². The summed E-state index contributed by atoms with van der Waals surface area (Å²) in [5.41, 5.74) is 5.28. The van der Waals surface area contributed by atoms with Crippen molar-refractivity contribution in [1.82, 2.24) is 5.43 Å². The second-order valence-electron chi connectivity index (χ2n) is 6.54. The number of nitrogens with one attached hydrogen (secondary N) is 2. The van der Waals surface area contributed by atoms with E-state index in [1.807, 2.05) is 31.2 Å². The van der Waals surface area contributed by atoms with Crippen molar-refractivity contribution in [3.63, 3.8) is 0 Å². The van der Waals surface area contributed by atoms with Crippen LogP contribution in [0.2, 0.25) is 0 Å². The van der Waals surface area contributed by atoms with E-state index in [1.165, 1.54) is 6.21 Å². The molecule has 0 atom stereocenters. The summed E-state index contributed by atoms with van der Waals surface area (Å²) in [7, 11) is 0. The zero-order chi connectivity index (χ0) is 22.2. The number of hydrogen-bond donors (Lipinski definition) is 2. The Morgan fingerprint density at radius 2 is 1.71 bits per heavy atom. The van der Waals surface area contributed by atoms with Gasteiger partial charge in [-0.15, -0.1) is 0 Å². The first-order chi connectivity index (χ1) is 14.9. The predicted octanol–water partition coefficient (Wildman–Crippen LogP) is 5.30. The highest BCUT2D eigenvalue weighted by molar-refractivity contribution is 9.10. The maximum atomic E-state index is 12.3. The number of benzene rings is 3. The molecular formula is C23H19Br2N3O3. The maximum Gasteiger partial charge on any atom is 0.271 e. The van der Waals surface area contributed by atoms with Crippen molar-refractivity contribution < 1.29 is 14.3 Å². The zero-order valence-corrected chi connectivity index (χ0v) is 19.7. The number of halogens is 2. The molecule has 3 rings (SSSR count). The predicted molar refractivity (Wildman–Crippen MR) is 129 cm³/mol. The summed E-state index contributed by atoms with van der Waals surface area (Å²) in [4.78, 5) is 24.4. The molecule has 0 aromatic heterocycles. The summed E-state index contributed by atoms with van der Waals surface area (Å²) in [5.74, 6) is -0.146. The molecule has 0 saturated carbocycles. The van der Waals surface area contributed by atoms with Crippen LogP contribution in [0.1, 0.15) is 21.5 Å². The van der Waals surface area contributed by atoms with E-state index in [2.05, 4.69) is 47.7 Å². The number of anilines is 1. The lowest BCUT2D eigenvalue weighted by Crippen LogP contribution is -2.21. The molecule has 8 heteroatoms. The first kappa shape index (κ1) is 22.7. The smallest absolute Gasteiger partial charge is 0.271 e. The van der Waals surface area contributed by atoms with E-state index in [9.17, 15) is 9.59 Å². The molecular weight excluding hydrogens is 526 g/mol. The van der Waals surface area contributed by atoms with Gasteiger partial charge in [-0.25, -0.2) is 5.43 Å². The number of aryl methyl sites for hydroxylation is 1. The second-order valence-corrected chi connectivity index (χ2v) is 8.37. The number of nitrogens with zero attached hydrogens (tertiary/aromatic N) is 1. The summed E-state index contributed by atoms with van der Waals surface area (Å²) in [5, 5.41) is 6.84. The Bertz CT molecular complexity index is 1120. The molecule has 0 saturated heterocycles. The van der Waals surface area contributed by atoms with Crippen LogP contribution in [-0.2, 0) is 4.79 Å². The molecule has 3 aromatic carbocycles. The second kappa shape index (κ2) is 10.9. The summed E-state index contributed by atoms with van der Waals surface area (Å²) >= 11 is 6.74. The van der Waals surface area contributed by atoms with Gasteiger partial charge in [0.25, 0.3) is 11.8 Å². The fourth-order valence-electron chi connectivity index (χ4n) is 2.62. The first-order valence-corrected chi connectivity index (χ1v) is 10.9. The number of rotatable bonds is 7. The lowest BCUT2D eigenvalue weighted by molar-refractivity contribution is -0.118. The number of para-hydroxylation sites is 1. The van der Waals surface area contributed by atoms with Crippen molar-refractivity contribution in [3.05, 3.63) is 92.4 Å². The van der Waals surface area contributed by atoms with Crippen molar-refractivity contribution in [2.24, 2.45) is 5.10 Å². The van der Waals surface area contributed by atoms with Crippen LogP contribution >= 0.6 is 31.9 Å². The number of carbonyl (C=O) groups excluding carboxylic acids is 2. The highest BCUT2D eigenvalue weighted by atomic mass is 79.9. The van der Waals surface area contributed by atoms with Gasteiger partial charge < -0.3 is 10.1 Å². The van der Waals surface area contributed by atoms with Crippen LogP contribution < -0.4 is 15.5 Å². The number of hydrazone groups is 1. The standard InChI is InChI=1S/C23H19Br2N3O3/c1-15-4-2-3-5-20(15)27-22(29)14-31-21-11-10-19(25)12-17(21)13-26-28-23(30)16-6-8-18(24)9-7-16/h2-13H,14H2,1H3,(H,27,29)(H,28,30)/b26-13+. The molecule has 31 heavy (non-hydrogen) atoms. The van der Waals surface area contributed by atoms with E-state index in [0.29, 0.717) is 16.9 Å². The molecule has 2 amide bonds. The minimum absolute atomic E-state index is 0.165. The maximum absolute atomic E-state index is 12.3. The minimum Gasteiger partial charge on any atom is -0.483 e. The van der Waals surface area contributed by atoms with Crippen LogP contribution in [-0.4, -0.2) is 24.6 Å². The number of amides is 2. The normalized spacial score (nSPS) is 10.7. The van der Waals surface area contributed by atoms with Crippen molar-refractivity contribution in [2.75, 3.05) is 11.9 Å². The number of ether oxygens (including phenoxy) is 1. The SMILES string of the molecule is Cc1ccccc1NC(=O)COc1ccc(Br)cc1/C=N/NC(=O)c1ccc(Br)cc1. The highest BCUT2D eigenvalue weighted by Gasteiger charge is 2.09. The number of hydrogen-bond acceptors (Lipinski definition) is 4. The van der Waals surface area contributed by atoms with Gasteiger partial charge in [0, 0.05) is 25.8 Å². The summed E-state index contributed by atoms with van der Waals surface area (Å²) in [6.45, 7) is 1.75. The van der Waals surface area contributed by atoms with E-state index in [1.54, 1.807) is 42.5 Å². The quantitative estimate of drug-likeness (QED) is 0.313. The van der Waals surface area contributed by atoms with Crippen LogP contribution in [0.15, 0.2) is 80.8 Å². The summed E-state index contributed by atoms with van der Waals surface area (Å²) in [6, 6.07) is 19.8. The largest absolute Gasteiger partial charge is 0.483 e. The molecule has 0 aliphatic carbocycles. The topological polar surface area (TPSA) is 79.8 Å². The van der Waals surface area contributed by atoms with Crippen LogP contribution in [0.25, 0.3) is 0 Å². The Balaban J connectivity index is 1.62. The minimum atomic E-state index is -0.334. The van der Waals surface area contributed by atoms with E-state index in [0.717, 1.165) is 20.2 Å². The van der Waals surface area contributed by atoms with Gasteiger partial charge in [0.1, 0.15) is 5.75 Å². The molecule has 158 valence electrons. The lowest BCUT2D eigenvalue weighted by Gasteiger charge is -2.11. The molecule has 0 unspecified atom stereocenters. The van der Waals surface area contributed by atoms with E-state index in [4.69, 9.17) is 4.74 Å². The van der Waals surface area contributed by atoms with Crippen LogP contribution in [0, 0.1) is 6.92 Å². The Morgan fingerprint density at radius 3 is 2.45 bits per heavy atom. The van der Waals surface area contributed by atoms with Crippen molar-refractivity contribution in [1.29, 1.82) is 0 Å². The third-order valence-corrected chi connectivity index (χ3v) is 5.25. The fraction of sp³-hybridized carbons (Fsp3) is 0.0870. The van der Waals surface area contributed by atoms with Crippen LogP contribution in [0.4, 0.5) is 5.69 Å². The molecule has 0 fully saturated rings.